The van der Waals surface area contributed by atoms with Crippen LogP contribution in [0.3, 0.4) is 0 Å². The molecule has 0 radical (unpaired) electrons. The number of benzene rings is 3. The van der Waals surface area contributed by atoms with Gasteiger partial charge in [0.1, 0.15) is 22.3 Å². The summed E-state index contributed by atoms with van der Waals surface area (Å²) in [5.74, 6) is -1.79. The van der Waals surface area contributed by atoms with Crippen LogP contribution in [0.15, 0.2) is 83.4 Å². The monoisotopic (exact) mass is 593 g/mol. The zero-order valence-electron chi connectivity index (χ0n) is 22.9. The van der Waals surface area contributed by atoms with Gasteiger partial charge in [0.25, 0.3) is 0 Å². The van der Waals surface area contributed by atoms with E-state index in [0.717, 1.165) is 34.7 Å². The van der Waals surface area contributed by atoms with Crippen LogP contribution in [0.25, 0.3) is 11.8 Å². The molecule has 2 N–H and O–H groups in total. The molecule has 6 nitrogen and oxygen atoms in total. The summed E-state index contributed by atoms with van der Waals surface area (Å²) in [7, 11) is -4.21. The number of aryl methyl sites for hydroxylation is 1. The van der Waals surface area contributed by atoms with Gasteiger partial charge < -0.3 is 5.11 Å². The Kier molecular flexibility index (Phi) is 7.11. The quantitative estimate of drug-likeness (QED) is 0.268. The van der Waals surface area contributed by atoms with Crippen molar-refractivity contribution in [3.63, 3.8) is 0 Å². The third kappa shape index (κ3) is 4.87. The highest BCUT2D eigenvalue weighted by Crippen LogP contribution is 2.57. The molecule has 218 valence electrons. The zero-order chi connectivity index (χ0) is 29.7. The van der Waals surface area contributed by atoms with Crippen molar-refractivity contribution in [2.24, 2.45) is 5.41 Å². The maximum absolute atomic E-state index is 15.0. The Labute approximate surface area is 242 Å². The first-order chi connectivity index (χ1) is 20.0. The summed E-state index contributed by atoms with van der Waals surface area (Å²) in [6.07, 6.45) is 6.26. The first kappa shape index (κ1) is 28.4. The molecule has 42 heavy (non-hydrogen) atoms. The number of aliphatic hydroxyl groups is 1. The molecular formula is C32H30F3N3O3S. The van der Waals surface area contributed by atoms with Gasteiger partial charge in [-0.05, 0) is 91.8 Å². The van der Waals surface area contributed by atoms with E-state index in [9.17, 15) is 26.7 Å². The van der Waals surface area contributed by atoms with Gasteiger partial charge in [-0.15, -0.1) is 0 Å². The van der Waals surface area contributed by atoms with Crippen molar-refractivity contribution < 1.29 is 26.7 Å². The van der Waals surface area contributed by atoms with Gasteiger partial charge >= 0.3 is 0 Å². The van der Waals surface area contributed by atoms with Crippen LogP contribution >= 0.6 is 0 Å². The molecule has 6 rings (SSSR count). The standard InChI is InChI=1S/C32H30F3N3O3S/c1-31-18-22-19-36-38(25-11-9-24(33)10-12-25)29(22)17-23(31)14-16-32(31,39)15-13-21-5-4-7-27(34)26(21)20-37-42(40,41)30-8-3-2-6-28(30)35/h2-12,17,19,37,39H,13-16,18,20H2,1H3/t31-,32-/m0/s1. The van der Waals surface area contributed by atoms with Crippen LogP contribution in [-0.4, -0.2) is 28.9 Å². The lowest BCUT2D eigenvalue weighted by Crippen LogP contribution is -2.45. The first-order valence-electron chi connectivity index (χ1n) is 13.8. The molecule has 1 saturated carbocycles. The minimum atomic E-state index is -4.21. The van der Waals surface area contributed by atoms with Crippen LogP contribution in [0.4, 0.5) is 13.2 Å². The summed E-state index contributed by atoms with van der Waals surface area (Å²) in [5.41, 5.74) is 2.79. The van der Waals surface area contributed by atoms with Gasteiger partial charge in [-0.25, -0.2) is 31.0 Å². The fourth-order valence-electron chi connectivity index (χ4n) is 6.40. The molecule has 3 aromatic carbocycles. The molecule has 2 atom stereocenters. The minimum Gasteiger partial charge on any atom is -0.389 e. The number of rotatable bonds is 8. The summed E-state index contributed by atoms with van der Waals surface area (Å²) < 4.78 is 72.1. The van der Waals surface area contributed by atoms with E-state index in [4.69, 9.17) is 0 Å². The third-order valence-electron chi connectivity index (χ3n) is 8.95. The van der Waals surface area contributed by atoms with E-state index in [0.29, 0.717) is 37.7 Å². The Hall–Kier alpha value is -3.73. The molecule has 0 spiro atoms. The van der Waals surface area contributed by atoms with Crippen LogP contribution in [-0.2, 0) is 29.4 Å². The van der Waals surface area contributed by atoms with Crippen molar-refractivity contribution in [1.82, 2.24) is 14.5 Å². The van der Waals surface area contributed by atoms with Crippen LogP contribution in [0.1, 0.15) is 48.6 Å². The average molecular weight is 594 g/mol. The Morgan fingerprint density at radius 2 is 1.74 bits per heavy atom. The number of sulfonamides is 1. The lowest BCUT2D eigenvalue weighted by Gasteiger charge is -2.42. The predicted octanol–water partition coefficient (Wildman–Crippen LogP) is 5.87. The van der Waals surface area contributed by atoms with Crippen LogP contribution in [0, 0.1) is 22.9 Å². The van der Waals surface area contributed by atoms with Crippen LogP contribution < -0.4 is 4.72 Å². The number of nitrogens with zero attached hydrogens (tertiary/aromatic N) is 2. The molecule has 2 aliphatic carbocycles. The Balaban J connectivity index is 1.22. The summed E-state index contributed by atoms with van der Waals surface area (Å²) in [6, 6.07) is 15.7. The average Bonchev–Trinajstić information content (AvgIpc) is 3.47. The second kappa shape index (κ2) is 10.5. The molecule has 2 aliphatic rings. The maximum atomic E-state index is 15.0. The van der Waals surface area contributed by atoms with Gasteiger partial charge in [0, 0.05) is 17.5 Å². The molecule has 0 unspecified atom stereocenters. The smallest absolute Gasteiger partial charge is 0.243 e. The van der Waals surface area contributed by atoms with Crippen molar-refractivity contribution in [2.75, 3.05) is 0 Å². The topological polar surface area (TPSA) is 84.2 Å². The highest BCUT2D eigenvalue weighted by atomic mass is 32.2. The van der Waals surface area contributed by atoms with Crippen molar-refractivity contribution in [3.05, 3.63) is 118 Å². The number of fused-ring (bicyclic) bond motifs is 2. The zero-order valence-corrected chi connectivity index (χ0v) is 23.8. The normalized spacial score (nSPS) is 21.6. The third-order valence-corrected chi connectivity index (χ3v) is 10.4. The molecule has 1 fully saturated rings. The summed E-state index contributed by atoms with van der Waals surface area (Å²) >= 11 is 0. The SMILES string of the molecule is C[C@]12Cc3cnn(-c4ccc(F)cc4)c3C=C1CC[C@@]2(O)CCc1cccc(F)c1CNS(=O)(=O)c1ccccc1F. The van der Waals surface area contributed by atoms with E-state index >= 15 is 0 Å². The van der Waals surface area contributed by atoms with Crippen molar-refractivity contribution >= 4 is 16.1 Å². The summed E-state index contributed by atoms with van der Waals surface area (Å²) in [4.78, 5) is -0.505. The van der Waals surface area contributed by atoms with E-state index in [1.807, 2.05) is 6.92 Å². The van der Waals surface area contributed by atoms with E-state index < -0.39 is 37.6 Å². The van der Waals surface area contributed by atoms with Gasteiger partial charge in [-0.2, -0.15) is 5.10 Å². The minimum absolute atomic E-state index is 0.159. The first-order valence-corrected chi connectivity index (χ1v) is 15.3. The lowest BCUT2D eigenvalue weighted by molar-refractivity contribution is -0.0462. The molecule has 0 aliphatic heterocycles. The molecule has 0 bridgehead atoms. The lowest BCUT2D eigenvalue weighted by atomic mass is 9.65. The molecule has 0 saturated heterocycles. The van der Waals surface area contributed by atoms with E-state index in [1.165, 1.54) is 30.3 Å². The van der Waals surface area contributed by atoms with Crippen molar-refractivity contribution in [3.8, 4) is 5.69 Å². The van der Waals surface area contributed by atoms with Gasteiger partial charge in [0.2, 0.25) is 10.0 Å². The number of aromatic nitrogens is 2. The number of hydrogen-bond acceptors (Lipinski definition) is 4. The number of halogens is 3. The largest absolute Gasteiger partial charge is 0.389 e. The van der Waals surface area contributed by atoms with E-state index in [2.05, 4.69) is 15.9 Å². The van der Waals surface area contributed by atoms with Gasteiger partial charge in [-0.3, -0.25) is 0 Å². The van der Waals surface area contributed by atoms with E-state index in [-0.39, 0.29) is 17.9 Å². The van der Waals surface area contributed by atoms with Crippen LogP contribution in [0.5, 0.6) is 0 Å². The van der Waals surface area contributed by atoms with Gasteiger partial charge in [-0.1, -0.05) is 36.8 Å². The fourth-order valence-corrected chi connectivity index (χ4v) is 7.48. The molecule has 1 aromatic heterocycles. The maximum Gasteiger partial charge on any atom is 0.243 e. The molecule has 1 heterocycles. The fraction of sp³-hybridized carbons (Fsp3) is 0.281. The van der Waals surface area contributed by atoms with Crippen LogP contribution in [0.2, 0.25) is 0 Å². The summed E-state index contributed by atoms with van der Waals surface area (Å²) in [5, 5.41) is 16.6. The number of hydrogen-bond donors (Lipinski definition) is 2. The Morgan fingerprint density at radius 1 is 1.00 bits per heavy atom. The second-order valence-electron chi connectivity index (χ2n) is 11.3. The van der Waals surface area contributed by atoms with Gasteiger partial charge in [0.05, 0.1) is 23.2 Å². The Bertz CT molecular complexity index is 1800. The summed E-state index contributed by atoms with van der Waals surface area (Å²) in [6.45, 7) is 1.69. The molecule has 10 heteroatoms. The van der Waals surface area contributed by atoms with E-state index in [1.54, 1.807) is 35.1 Å². The second-order valence-corrected chi connectivity index (χ2v) is 13.0. The van der Waals surface area contributed by atoms with Gasteiger partial charge in [0.15, 0.2) is 0 Å². The van der Waals surface area contributed by atoms with Crippen molar-refractivity contribution in [2.45, 2.75) is 56.1 Å². The number of nitrogens with one attached hydrogen (secondary N) is 1. The van der Waals surface area contributed by atoms with Crippen molar-refractivity contribution in [1.29, 1.82) is 0 Å². The Morgan fingerprint density at radius 3 is 2.50 bits per heavy atom. The molecule has 0 amide bonds. The molecule has 4 aromatic rings. The predicted molar refractivity (Wildman–Crippen MR) is 153 cm³/mol. The highest BCUT2D eigenvalue weighted by Gasteiger charge is 2.54. The molecular weight excluding hydrogens is 563 g/mol. The highest BCUT2D eigenvalue weighted by molar-refractivity contribution is 7.89.